The van der Waals surface area contributed by atoms with E-state index in [2.05, 4.69) is 5.32 Å². The molecule has 1 aliphatic rings. The van der Waals surface area contributed by atoms with Crippen LogP contribution in [0, 0.1) is 5.82 Å². The molecule has 11 heteroatoms. The van der Waals surface area contributed by atoms with Gasteiger partial charge in [-0.3, -0.25) is 9.59 Å². The Labute approximate surface area is 217 Å². The van der Waals surface area contributed by atoms with Crippen molar-refractivity contribution in [3.63, 3.8) is 0 Å². The van der Waals surface area contributed by atoms with Gasteiger partial charge in [-0.1, -0.05) is 48.7 Å². The summed E-state index contributed by atoms with van der Waals surface area (Å²) in [5, 5.41) is 3.46. The maximum Gasteiger partial charge on any atom is 0.304 e. The lowest BCUT2D eigenvalue weighted by Crippen LogP contribution is -2.53. The number of rotatable bonds is 10. The van der Waals surface area contributed by atoms with Crippen molar-refractivity contribution in [3.8, 4) is 0 Å². The quantitative estimate of drug-likeness (QED) is 0.501. The first-order chi connectivity index (χ1) is 17.0. The molecule has 1 fully saturated rings. The molecule has 1 aliphatic carbocycles. The Kier molecular flexibility index (Phi) is 9.32. The largest absolute Gasteiger partial charge is 0.352 e. The summed E-state index contributed by atoms with van der Waals surface area (Å²) < 4.78 is 42.5. The van der Waals surface area contributed by atoms with E-state index < -0.39 is 34.5 Å². The molecule has 36 heavy (non-hydrogen) atoms. The van der Waals surface area contributed by atoms with Gasteiger partial charge in [-0.15, -0.1) is 0 Å². The Balaban J connectivity index is 1.94. The summed E-state index contributed by atoms with van der Waals surface area (Å²) in [5.41, 5.74) is 0.412. The second-order valence-electron chi connectivity index (χ2n) is 9.07. The smallest absolute Gasteiger partial charge is 0.304 e. The zero-order valence-electron chi connectivity index (χ0n) is 20.7. The predicted molar refractivity (Wildman–Crippen MR) is 138 cm³/mol. The number of nitrogens with zero attached hydrogens (tertiary/aromatic N) is 3. The second-order valence-corrected chi connectivity index (χ2v) is 11.6. The molecule has 196 valence electrons. The molecule has 1 atom stereocenters. The van der Waals surface area contributed by atoms with Crippen molar-refractivity contribution < 1.29 is 22.4 Å². The van der Waals surface area contributed by atoms with Crippen molar-refractivity contribution in [1.82, 2.24) is 14.5 Å². The lowest BCUT2D eigenvalue weighted by atomic mass is 10.1. The van der Waals surface area contributed by atoms with Gasteiger partial charge in [0.1, 0.15) is 18.4 Å². The van der Waals surface area contributed by atoms with Gasteiger partial charge in [0.15, 0.2) is 0 Å². The lowest BCUT2D eigenvalue weighted by molar-refractivity contribution is -0.139. The number of para-hydroxylation sites is 1. The molecular formula is C25H32ClFN4O4S. The van der Waals surface area contributed by atoms with Crippen LogP contribution in [0.15, 0.2) is 48.5 Å². The van der Waals surface area contributed by atoms with E-state index in [4.69, 9.17) is 11.6 Å². The molecular weight excluding hydrogens is 507 g/mol. The molecule has 1 N–H and O–H groups in total. The van der Waals surface area contributed by atoms with Gasteiger partial charge in [-0.2, -0.15) is 12.7 Å². The summed E-state index contributed by atoms with van der Waals surface area (Å²) in [4.78, 5) is 28.0. The monoisotopic (exact) mass is 538 g/mol. The Morgan fingerprint density at radius 3 is 2.39 bits per heavy atom. The van der Waals surface area contributed by atoms with Gasteiger partial charge in [0.25, 0.3) is 0 Å². The van der Waals surface area contributed by atoms with Crippen LogP contribution < -0.4 is 9.62 Å². The van der Waals surface area contributed by atoms with Gasteiger partial charge in [0, 0.05) is 31.7 Å². The van der Waals surface area contributed by atoms with Crippen LogP contribution in [0.2, 0.25) is 5.02 Å². The SMILES string of the molecule is C[C@@H](C(=O)NC1CCCC1)N(Cc1cccc(Cl)c1)C(=O)CN(c1ccccc1F)S(=O)(=O)N(C)C. The van der Waals surface area contributed by atoms with Gasteiger partial charge < -0.3 is 10.2 Å². The van der Waals surface area contributed by atoms with Gasteiger partial charge >= 0.3 is 10.2 Å². The fraction of sp³-hybridized carbons (Fsp3) is 0.440. The zero-order valence-corrected chi connectivity index (χ0v) is 22.2. The van der Waals surface area contributed by atoms with Gasteiger partial charge in [0.2, 0.25) is 11.8 Å². The van der Waals surface area contributed by atoms with Gasteiger partial charge in [0.05, 0.1) is 5.69 Å². The van der Waals surface area contributed by atoms with E-state index in [0.717, 1.165) is 40.4 Å². The molecule has 8 nitrogen and oxygen atoms in total. The second kappa shape index (κ2) is 12.0. The molecule has 2 amide bonds. The molecule has 0 heterocycles. The van der Waals surface area contributed by atoms with E-state index in [1.807, 2.05) is 0 Å². The molecule has 0 unspecified atom stereocenters. The average Bonchev–Trinajstić information content (AvgIpc) is 3.34. The number of nitrogens with one attached hydrogen (secondary N) is 1. The van der Waals surface area contributed by atoms with Crippen LogP contribution in [-0.4, -0.2) is 62.2 Å². The molecule has 0 aromatic heterocycles. The molecule has 0 saturated heterocycles. The normalized spacial score (nSPS) is 15.1. The van der Waals surface area contributed by atoms with Gasteiger partial charge in [-0.25, -0.2) is 8.70 Å². The molecule has 0 spiro atoms. The molecule has 2 aromatic carbocycles. The summed E-state index contributed by atoms with van der Waals surface area (Å²) in [6, 6.07) is 11.3. The standard InChI is InChI=1S/C25H32ClFN4O4S/c1-18(25(33)28-21-11-4-5-12-21)30(16-19-9-8-10-20(26)15-19)24(32)17-31(36(34,35)29(2)3)23-14-7-6-13-22(23)27/h6-10,13-15,18,21H,4-5,11-12,16-17H2,1-3H3,(H,28,33)/t18-/m0/s1. The van der Waals surface area contributed by atoms with Crippen LogP contribution in [0.5, 0.6) is 0 Å². The fourth-order valence-electron chi connectivity index (χ4n) is 4.16. The number of hydrogen-bond acceptors (Lipinski definition) is 4. The highest BCUT2D eigenvalue weighted by atomic mass is 35.5. The minimum Gasteiger partial charge on any atom is -0.352 e. The first-order valence-corrected chi connectivity index (χ1v) is 13.6. The first kappa shape index (κ1) is 27.9. The summed E-state index contributed by atoms with van der Waals surface area (Å²) >= 11 is 6.12. The molecule has 0 aliphatic heterocycles. The maximum absolute atomic E-state index is 14.7. The van der Waals surface area contributed by atoms with E-state index in [-0.39, 0.29) is 24.2 Å². The van der Waals surface area contributed by atoms with E-state index >= 15 is 0 Å². The van der Waals surface area contributed by atoms with Crippen LogP contribution in [0.1, 0.15) is 38.2 Å². The minimum atomic E-state index is -4.23. The number of benzene rings is 2. The van der Waals surface area contributed by atoms with Gasteiger partial charge in [-0.05, 0) is 49.6 Å². The van der Waals surface area contributed by atoms with E-state index in [1.54, 1.807) is 31.2 Å². The summed E-state index contributed by atoms with van der Waals surface area (Å²) in [6.07, 6.45) is 3.82. The Morgan fingerprint density at radius 1 is 1.11 bits per heavy atom. The Morgan fingerprint density at radius 2 is 1.78 bits per heavy atom. The third kappa shape index (κ3) is 6.74. The first-order valence-electron chi connectivity index (χ1n) is 11.8. The number of halogens is 2. The summed E-state index contributed by atoms with van der Waals surface area (Å²) in [6.45, 7) is 0.926. The van der Waals surface area contributed by atoms with Crippen molar-refractivity contribution in [2.24, 2.45) is 0 Å². The van der Waals surface area contributed by atoms with Crippen LogP contribution in [0.3, 0.4) is 0 Å². The molecule has 3 rings (SSSR count). The number of hydrogen-bond donors (Lipinski definition) is 1. The Hall–Kier alpha value is -2.69. The van der Waals surface area contributed by atoms with E-state index in [1.165, 1.54) is 37.2 Å². The number of anilines is 1. The van der Waals surface area contributed by atoms with Crippen LogP contribution in [0.25, 0.3) is 0 Å². The minimum absolute atomic E-state index is 0.0196. The van der Waals surface area contributed by atoms with E-state index in [9.17, 15) is 22.4 Å². The highest BCUT2D eigenvalue weighted by Gasteiger charge is 2.34. The Bertz CT molecular complexity index is 1190. The number of carbonyl (C=O) groups excluding carboxylic acids is 2. The highest BCUT2D eigenvalue weighted by molar-refractivity contribution is 7.90. The third-order valence-corrected chi connectivity index (χ3v) is 8.29. The van der Waals surface area contributed by atoms with Crippen LogP contribution >= 0.6 is 11.6 Å². The van der Waals surface area contributed by atoms with Crippen molar-refractivity contribution in [2.45, 2.75) is 51.2 Å². The molecule has 0 bridgehead atoms. The zero-order chi connectivity index (χ0) is 26.5. The maximum atomic E-state index is 14.7. The third-order valence-electron chi connectivity index (χ3n) is 6.25. The molecule has 2 aromatic rings. The van der Waals surface area contributed by atoms with Crippen molar-refractivity contribution in [2.75, 3.05) is 24.9 Å². The number of amides is 2. The molecule has 0 radical (unpaired) electrons. The van der Waals surface area contributed by atoms with Crippen molar-refractivity contribution >= 4 is 39.3 Å². The van der Waals surface area contributed by atoms with Crippen molar-refractivity contribution in [3.05, 3.63) is 64.9 Å². The highest BCUT2D eigenvalue weighted by Crippen LogP contribution is 2.24. The molecule has 1 saturated carbocycles. The summed E-state index contributed by atoms with van der Waals surface area (Å²) in [7, 11) is -1.63. The summed E-state index contributed by atoms with van der Waals surface area (Å²) in [5.74, 6) is -1.77. The van der Waals surface area contributed by atoms with Crippen molar-refractivity contribution in [1.29, 1.82) is 0 Å². The van der Waals surface area contributed by atoms with E-state index in [0.29, 0.717) is 10.6 Å². The average molecular weight is 539 g/mol. The topological polar surface area (TPSA) is 90.0 Å². The van der Waals surface area contributed by atoms with Crippen LogP contribution in [-0.2, 0) is 26.3 Å². The fourth-order valence-corrected chi connectivity index (χ4v) is 5.44. The van der Waals surface area contributed by atoms with Crippen LogP contribution in [0.4, 0.5) is 10.1 Å². The number of carbonyl (C=O) groups is 2. The lowest BCUT2D eigenvalue weighted by Gasteiger charge is -2.33. The predicted octanol–water partition coefficient (Wildman–Crippen LogP) is 3.57.